The van der Waals surface area contributed by atoms with Gasteiger partial charge in [-0.25, -0.2) is 0 Å². The molecule has 0 radical (unpaired) electrons. The van der Waals surface area contributed by atoms with E-state index in [0.717, 1.165) is 29.0 Å². The fraction of sp³-hybridized carbons (Fsp3) is 0.333. The molecule has 6 nitrogen and oxygen atoms in total. The molecule has 2 aromatic heterocycles. The molecule has 0 aliphatic heterocycles. The third-order valence-electron chi connectivity index (χ3n) is 4.39. The van der Waals surface area contributed by atoms with Gasteiger partial charge in [-0.1, -0.05) is 29.8 Å². The van der Waals surface area contributed by atoms with Crippen molar-refractivity contribution < 1.29 is 13.9 Å². The van der Waals surface area contributed by atoms with Crippen molar-refractivity contribution in [3.05, 3.63) is 69.9 Å². The summed E-state index contributed by atoms with van der Waals surface area (Å²) in [4.78, 5) is 12.2. The molecule has 0 saturated carbocycles. The summed E-state index contributed by atoms with van der Waals surface area (Å²) in [5, 5.41) is 7.78. The second-order valence-corrected chi connectivity index (χ2v) is 7.12. The molecule has 0 aliphatic carbocycles. The van der Waals surface area contributed by atoms with Crippen molar-refractivity contribution in [2.24, 2.45) is 0 Å². The maximum absolute atomic E-state index is 12.2. The summed E-state index contributed by atoms with van der Waals surface area (Å²) in [6.45, 7) is 7.34. The Morgan fingerprint density at radius 2 is 1.96 bits per heavy atom. The first kappa shape index (κ1) is 20.0. The Labute approximate surface area is 169 Å². The van der Waals surface area contributed by atoms with Crippen molar-refractivity contribution in [2.75, 3.05) is 6.54 Å². The van der Waals surface area contributed by atoms with Crippen LogP contribution in [-0.4, -0.2) is 22.2 Å². The van der Waals surface area contributed by atoms with Crippen LogP contribution >= 0.6 is 11.6 Å². The van der Waals surface area contributed by atoms with E-state index in [4.69, 9.17) is 20.8 Å². The first-order chi connectivity index (χ1) is 13.4. The number of aromatic nitrogens is 2. The number of carbonyl (C=O) groups excluding carboxylic acids is 1. The normalized spacial score (nSPS) is 10.9. The van der Waals surface area contributed by atoms with Crippen LogP contribution in [0.2, 0.25) is 5.02 Å². The van der Waals surface area contributed by atoms with E-state index in [-0.39, 0.29) is 18.3 Å². The summed E-state index contributed by atoms with van der Waals surface area (Å²) in [5.74, 6) is 1.49. The minimum absolute atomic E-state index is 0.243. The summed E-state index contributed by atoms with van der Waals surface area (Å²) in [5.41, 5.74) is 2.94. The van der Waals surface area contributed by atoms with E-state index in [1.165, 1.54) is 0 Å². The minimum atomic E-state index is -0.243. The summed E-state index contributed by atoms with van der Waals surface area (Å²) in [6, 6.07) is 9.42. The lowest BCUT2D eigenvalue weighted by Crippen LogP contribution is -2.24. The van der Waals surface area contributed by atoms with Gasteiger partial charge < -0.3 is 14.5 Å². The molecule has 1 amide bonds. The van der Waals surface area contributed by atoms with Crippen LogP contribution in [-0.2, 0) is 13.2 Å². The average Bonchev–Trinajstić information content (AvgIpc) is 3.25. The highest BCUT2D eigenvalue weighted by molar-refractivity contribution is 6.31. The van der Waals surface area contributed by atoms with Gasteiger partial charge in [-0.05, 0) is 50.5 Å². The van der Waals surface area contributed by atoms with Crippen molar-refractivity contribution >= 4 is 17.5 Å². The number of hydrogen-bond acceptors (Lipinski definition) is 4. The van der Waals surface area contributed by atoms with Crippen LogP contribution in [0.15, 0.2) is 40.9 Å². The van der Waals surface area contributed by atoms with Crippen LogP contribution in [0.1, 0.15) is 39.6 Å². The molecule has 0 atom stereocenters. The van der Waals surface area contributed by atoms with Gasteiger partial charge in [0.2, 0.25) is 0 Å². The lowest BCUT2D eigenvalue weighted by Gasteiger charge is -2.10. The number of furan rings is 1. The zero-order valence-electron chi connectivity index (χ0n) is 16.3. The van der Waals surface area contributed by atoms with E-state index >= 15 is 0 Å². The number of amides is 1. The first-order valence-corrected chi connectivity index (χ1v) is 9.57. The number of hydrogen-bond donors (Lipinski definition) is 1. The van der Waals surface area contributed by atoms with Gasteiger partial charge in [0.05, 0.1) is 10.7 Å². The molecule has 0 unspecified atom stereocenters. The van der Waals surface area contributed by atoms with Crippen LogP contribution in [0.25, 0.3) is 0 Å². The monoisotopic (exact) mass is 401 g/mol. The number of halogens is 1. The Morgan fingerprint density at radius 1 is 1.21 bits per heavy atom. The molecular formula is C21H24ClN3O3. The molecule has 1 aromatic carbocycles. The molecule has 2 heterocycles. The van der Waals surface area contributed by atoms with Crippen LogP contribution in [0.5, 0.6) is 5.75 Å². The molecule has 3 rings (SSSR count). The quantitative estimate of drug-likeness (QED) is 0.566. The predicted molar refractivity (Wildman–Crippen MR) is 108 cm³/mol. The molecule has 148 valence electrons. The van der Waals surface area contributed by atoms with E-state index in [2.05, 4.69) is 10.4 Å². The van der Waals surface area contributed by atoms with E-state index in [9.17, 15) is 4.79 Å². The van der Waals surface area contributed by atoms with Crippen molar-refractivity contribution in [3.63, 3.8) is 0 Å². The zero-order valence-corrected chi connectivity index (χ0v) is 17.0. The van der Waals surface area contributed by atoms with Crippen LogP contribution < -0.4 is 10.1 Å². The summed E-state index contributed by atoms with van der Waals surface area (Å²) in [7, 11) is 0. The van der Waals surface area contributed by atoms with E-state index in [0.29, 0.717) is 23.9 Å². The molecule has 0 bridgehead atoms. The molecule has 0 saturated heterocycles. The van der Waals surface area contributed by atoms with E-state index in [1.807, 2.05) is 39.0 Å². The average molecular weight is 402 g/mol. The molecule has 0 fully saturated rings. The number of ether oxygens (including phenoxy) is 1. The lowest BCUT2D eigenvalue weighted by molar-refractivity contribution is 0.0920. The maximum Gasteiger partial charge on any atom is 0.286 e. The van der Waals surface area contributed by atoms with Gasteiger partial charge in [-0.15, -0.1) is 0 Å². The second-order valence-electron chi connectivity index (χ2n) is 6.71. The van der Waals surface area contributed by atoms with Crippen molar-refractivity contribution in [1.82, 2.24) is 15.1 Å². The number of nitrogens with one attached hydrogen (secondary N) is 1. The van der Waals surface area contributed by atoms with Crippen molar-refractivity contribution in [2.45, 2.75) is 40.3 Å². The zero-order chi connectivity index (χ0) is 20.1. The number of nitrogens with zero attached hydrogens (tertiary/aromatic N) is 2. The molecule has 7 heteroatoms. The largest absolute Gasteiger partial charge is 0.485 e. The Morgan fingerprint density at radius 3 is 2.64 bits per heavy atom. The molecule has 0 spiro atoms. The molecule has 3 aromatic rings. The number of carbonyl (C=O) groups is 1. The van der Waals surface area contributed by atoms with E-state index < -0.39 is 0 Å². The number of rotatable bonds is 8. The minimum Gasteiger partial charge on any atom is -0.485 e. The molecule has 0 aliphatic rings. The lowest BCUT2D eigenvalue weighted by atomic mass is 10.1. The Bertz CT molecular complexity index is 922. The highest BCUT2D eigenvalue weighted by atomic mass is 35.5. The van der Waals surface area contributed by atoms with Crippen LogP contribution in [0.3, 0.4) is 0 Å². The van der Waals surface area contributed by atoms with Gasteiger partial charge in [-0.2, -0.15) is 5.10 Å². The summed E-state index contributed by atoms with van der Waals surface area (Å²) < 4.78 is 13.2. The molecule has 28 heavy (non-hydrogen) atoms. The highest BCUT2D eigenvalue weighted by Crippen LogP contribution is 2.23. The SMILES string of the molecule is Cc1cccc(C)c1OCc1ccc(C(=O)NCCCn2cc(Cl)c(C)n2)o1. The maximum atomic E-state index is 12.2. The Balaban J connectivity index is 1.46. The molecule has 1 N–H and O–H groups in total. The van der Waals surface area contributed by atoms with E-state index in [1.54, 1.807) is 23.0 Å². The third kappa shape index (κ3) is 4.95. The fourth-order valence-electron chi connectivity index (χ4n) is 2.89. The number of benzene rings is 1. The topological polar surface area (TPSA) is 69.3 Å². The van der Waals surface area contributed by atoms with Crippen LogP contribution in [0.4, 0.5) is 0 Å². The first-order valence-electron chi connectivity index (χ1n) is 9.19. The van der Waals surface area contributed by atoms with Crippen LogP contribution in [0, 0.1) is 20.8 Å². The Kier molecular flexibility index (Phi) is 6.41. The molecular weight excluding hydrogens is 378 g/mol. The van der Waals surface area contributed by atoms with Gasteiger partial charge in [0.15, 0.2) is 5.76 Å². The van der Waals surface area contributed by atoms with Gasteiger partial charge >= 0.3 is 0 Å². The fourth-order valence-corrected chi connectivity index (χ4v) is 3.04. The van der Waals surface area contributed by atoms with Gasteiger partial charge in [0, 0.05) is 19.3 Å². The smallest absolute Gasteiger partial charge is 0.286 e. The Hall–Kier alpha value is -2.73. The van der Waals surface area contributed by atoms with Gasteiger partial charge in [0.1, 0.15) is 18.1 Å². The van der Waals surface area contributed by atoms with Crippen molar-refractivity contribution in [3.8, 4) is 5.75 Å². The standard InChI is InChI=1S/C21H24ClN3O3/c1-14-6-4-7-15(2)20(14)27-13-17-8-9-19(28-17)21(26)23-10-5-11-25-12-18(22)16(3)24-25/h4,6-9,12H,5,10-11,13H2,1-3H3,(H,23,26). The highest BCUT2D eigenvalue weighted by Gasteiger charge is 2.12. The van der Waals surface area contributed by atoms with Gasteiger partial charge in [0.25, 0.3) is 5.91 Å². The van der Waals surface area contributed by atoms with Gasteiger partial charge in [-0.3, -0.25) is 9.48 Å². The number of para-hydroxylation sites is 1. The predicted octanol–water partition coefficient (Wildman–Crippen LogP) is 4.45. The summed E-state index contributed by atoms with van der Waals surface area (Å²) >= 11 is 5.98. The van der Waals surface area contributed by atoms with Crippen molar-refractivity contribution in [1.29, 1.82) is 0 Å². The number of aryl methyl sites for hydroxylation is 4. The second kappa shape index (κ2) is 8.97. The summed E-state index contributed by atoms with van der Waals surface area (Å²) in [6.07, 6.45) is 2.53. The third-order valence-corrected chi connectivity index (χ3v) is 4.76.